The Morgan fingerprint density at radius 2 is 2.43 bits per heavy atom. The van der Waals surface area contributed by atoms with Gasteiger partial charge in [0, 0.05) is 36.2 Å². The Balaban J connectivity index is 2.07. The molecule has 1 unspecified atom stereocenters. The number of carbonyl (C=O) groups excluding carboxylic acids is 1. The van der Waals surface area contributed by atoms with Gasteiger partial charge in [0.25, 0.3) is 0 Å². The smallest absolute Gasteiger partial charge is 0.227 e. The van der Waals surface area contributed by atoms with E-state index in [1.165, 1.54) is 0 Å². The van der Waals surface area contributed by atoms with Gasteiger partial charge in [0.2, 0.25) is 5.91 Å². The first kappa shape index (κ1) is 14.9. The minimum absolute atomic E-state index is 0.0465. The number of anilines is 1. The zero-order valence-corrected chi connectivity index (χ0v) is 12.0. The van der Waals surface area contributed by atoms with Gasteiger partial charge in [-0.05, 0) is 36.1 Å². The summed E-state index contributed by atoms with van der Waals surface area (Å²) < 4.78 is 5.59. The van der Waals surface area contributed by atoms with Crippen molar-refractivity contribution in [2.45, 2.75) is 13.3 Å². The molecule has 0 aliphatic carbocycles. The molecule has 1 fully saturated rings. The quantitative estimate of drug-likeness (QED) is 0.348. The first-order chi connectivity index (χ1) is 10.1. The first-order valence-corrected chi connectivity index (χ1v) is 6.78. The van der Waals surface area contributed by atoms with Gasteiger partial charge in [-0.3, -0.25) is 4.79 Å². The minimum atomic E-state index is 0.0465. The van der Waals surface area contributed by atoms with Crippen molar-refractivity contribution in [2.75, 3.05) is 24.6 Å². The number of ether oxygens (including phenoxy) is 1. The van der Waals surface area contributed by atoms with Crippen LogP contribution in [0.15, 0.2) is 41.5 Å². The Labute approximate surface area is 123 Å². The molecule has 1 heterocycles. The molecule has 0 aromatic heterocycles. The standard InChI is InChI=1S/C15H18N4O2/c1-11(2)10-21-14-5-3-4-13(7-14)19-9-12(6-15(19)20)8-17-18-16/h3-5,7,12H,1,6,8-10H2,2H3. The Bertz CT molecular complexity index is 593. The van der Waals surface area contributed by atoms with Crippen molar-refractivity contribution >= 4 is 11.6 Å². The van der Waals surface area contributed by atoms with Crippen LogP contribution >= 0.6 is 0 Å². The summed E-state index contributed by atoms with van der Waals surface area (Å²) in [6, 6.07) is 7.43. The number of nitrogens with zero attached hydrogens (tertiary/aromatic N) is 4. The Hall–Kier alpha value is -2.46. The summed E-state index contributed by atoms with van der Waals surface area (Å²) in [6.45, 7) is 7.07. The lowest BCUT2D eigenvalue weighted by molar-refractivity contribution is -0.117. The fourth-order valence-corrected chi connectivity index (χ4v) is 2.25. The van der Waals surface area contributed by atoms with Crippen LogP contribution in [-0.4, -0.2) is 25.6 Å². The number of rotatable bonds is 6. The minimum Gasteiger partial charge on any atom is -0.489 e. The van der Waals surface area contributed by atoms with Crippen LogP contribution in [0.3, 0.4) is 0 Å². The van der Waals surface area contributed by atoms with Gasteiger partial charge in [0.15, 0.2) is 0 Å². The van der Waals surface area contributed by atoms with E-state index in [0.717, 1.165) is 11.3 Å². The average Bonchev–Trinajstić information content (AvgIpc) is 2.84. The van der Waals surface area contributed by atoms with E-state index in [1.54, 1.807) is 4.90 Å². The number of azide groups is 1. The number of hydrogen-bond acceptors (Lipinski definition) is 3. The number of amides is 1. The molecular formula is C15H18N4O2. The maximum absolute atomic E-state index is 12.1. The van der Waals surface area contributed by atoms with Crippen LogP contribution in [0.1, 0.15) is 13.3 Å². The average molecular weight is 286 g/mol. The van der Waals surface area contributed by atoms with Gasteiger partial charge in [-0.25, -0.2) is 0 Å². The van der Waals surface area contributed by atoms with Gasteiger partial charge >= 0.3 is 0 Å². The maximum atomic E-state index is 12.1. The largest absolute Gasteiger partial charge is 0.489 e. The molecule has 2 rings (SSSR count). The highest BCUT2D eigenvalue weighted by Gasteiger charge is 2.30. The SMILES string of the molecule is C=C(C)COc1cccc(N2CC(CN=[N+]=[N-])CC2=O)c1. The van der Waals surface area contributed by atoms with Crippen LogP contribution in [0.5, 0.6) is 5.75 Å². The summed E-state index contributed by atoms with van der Waals surface area (Å²) in [4.78, 5) is 16.5. The molecule has 6 heteroatoms. The third-order valence-corrected chi connectivity index (χ3v) is 3.22. The van der Waals surface area contributed by atoms with Gasteiger partial charge in [-0.1, -0.05) is 17.8 Å². The molecule has 21 heavy (non-hydrogen) atoms. The van der Waals surface area contributed by atoms with Crippen molar-refractivity contribution in [2.24, 2.45) is 11.0 Å². The van der Waals surface area contributed by atoms with Crippen molar-refractivity contribution in [3.8, 4) is 5.75 Å². The van der Waals surface area contributed by atoms with Gasteiger partial charge in [0.1, 0.15) is 12.4 Å². The number of hydrogen-bond donors (Lipinski definition) is 0. The zero-order valence-electron chi connectivity index (χ0n) is 12.0. The van der Waals surface area contributed by atoms with Crippen molar-refractivity contribution in [3.05, 3.63) is 46.9 Å². The van der Waals surface area contributed by atoms with E-state index in [1.807, 2.05) is 31.2 Å². The maximum Gasteiger partial charge on any atom is 0.227 e. The van der Waals surface area contributed by atoms with Crippen molar-refractivity contribution < 1.29 is 9.53 Å². The van der Waals surface area contributed by atoms with Crippen LogP contribution in [0.2, 0.25) is 0 Å². The molecule has 1 aromatic rings. The van der Waals surface area contributed by atoms with E-state index in [4.69, 9.17) is 10.3 Å². The third kappa shape index (κ3) is 4.00. The van der Waals surface area contributed by atoms with Crippen LogP contribution in [-0.2, 0) is 4.79 Å². The first-order valence-electron chi connectivity index (χ1n) is 6.78. The Kier molecular flexibility index (Phi) is 4.85. The number of carbonyl (C=O) groups is 1. The summed E-state index contributed by atoms with van der Waals surface area (Å²) in [6.07, 6.45) is 0.413. The van der Waals surface area contributed by atoms with Crippen molar-refractivity contribution in [1.82, 2.24) is 0 Å². The molecule has 1 aliphatic rings. The third-order valence-electron chi connectivity index (χ3n) is 3.22. The summed E-state index contributed by atoms with van der Waals surface area (Å²) >= 11 is 0. The lowest BCUT2D eigenvalue weighted by Gasteiger charge is -2.17. The summed E-state index contributed by atoms with van der Waals surface area (Å²) in [5.74, 6) is 0.834. The second-order valence-corrected chi connectivity index (χ2v) is 5.23. The van der Waals surface area contributed by atoms with Crippen LogP contribution < -0.4 is 9.64 Å². The van der Waals surface area contributed by atoms with Crippen molar-refractivity contribution in [3.63, 3.8) is 0 Å². The summed E-state index contributed by atoms with van der Waals surface area (Å²) in [7, 11) is 0. The highest BCUT2D eigenvalue weighted by molar-refractivity contribution is 5.95. The van der Waals surface area contributed by atoms with Gasteiger partial charge in [-0.2, -0.15) is 0 Å². The normalized spacial score (nSPS) is 17.5. The molecule has 0 N–H and O–H groups in total. The zero-order chi connectivity index (χ0) is 15.2. The summed E-state index contributed by atoms with van der Waals surface area (Å²) in [5, 5.41) is 3.55. The van der Waals surface area contributed by atoms with Crippen LogP contribution in [0.4, 0.5) is 5.69 Å². The van der Waals surface area contributed by atoms with Crippen molar-refractivity contribution in [1.29, 1.82) is 0 Å². The molecule has 0 bridgehead atoms. The molecule has 110 valence electrons. The van der Waals surface area contributed by atoms with E-state index in [-0.39, 0.29) is 11.8 Å². The molecule has 1 atom stereocenters. The molecule has 1 aromatic carbocycles. The molecule has 1 amide bonds. The van der Waals surface area contributed by atoms with Gasteiger partial charge in [-0.15, -0.1) is 0 Å². The lowest BCUT2D eigenvalue weighted by atomic mass is 10.1. The van der Waals surface area contributed by atoms with E-state index >= 15 is 0 Å². The monoisotopic (exact) mass is 286 g/mol. The molecule has 0 radical (unpaired) electrons. The van der Waals surface area contributed by atoms with E-state index in [0.29, 0.717) is 31.9 Å². The van der Waals surface area contributed by atoms with E-state index < -0.39 is 0 Å². The van der Waals surface area contributed by atoms with Crippen LogP contribution in [0.25, 0.3) is 10.4 Å². The Morgan fingerprint density at radius 1 is 1.62 bits per heavy atom. The van der Waals surface area contributed by atoms with Gasteiger partial charge in [0.05, 0.1) is 0 Å². The van der Waals surface area contributed by atoms with E-state index in [2.05, 4.69) is 16.6 Å². The van der Waals surface area contributed by atoms with E-state index in [9.17, 15) is 4.79 Å². The second-order valence-electron chi connectivity index (χ2n) is 5.23. The lowest BCUT2D eigenvalue weighted by Crippen LogP contribution is -2.24. The predicted octanol–water partition coefficient (Wildman–Crippen LogP) is 3.30. The number of benzene rings is 1. The fraction of sp³-hybridized carbons (Fsp3) is 0.400. The fourth-order valence-electron chi connectivity index (χ4n) is 2.25. The molecule has 0 saturated carbocycles. The molecule has 0 spiro atoms. The molecular weight excluding hydrogens is 268 g/mol. The second kappa shape index (κ2) is 6.81. The molecule has 1 aliphatic heterocycles. The topological polar surface area (TPSA) is 78.3 Å². The molecule has 6 nitrogen and oxygen atoms in total. The van der Waals surface area contributed by atoms with Gasteiger partial charge < -0.3 is 9.64 Å². The predicted molar refractivity (Wildman–Crippen MR) is 81.2 cm³/mol. The Morgan fingerprint density at radius 3 is 3.14 bits per heavy atom. The highest BCUT2D eigenvalue weighted by Crippen LogP contribution is 2.28. The van der Waals surface area contributed by atoms with Crippen LogP contribution in [0, 0.1) is 5.92 Å². The summed E-state index contributed by atoms with van der Waals surface area (Å²) in [5.41, 5.74) is 10.1. The molecule has 1 saturated heterocycles. The highest BCUT2D eigenvalue weighted by atomic mass is 16.5.